The molecule has 0 spiro atoms. The third kappa shape index (κ3) is 3.28. The number of imidazole rings is 1. The van der Waals surface area contributed by atoms with Crippen molar-refractivity contribution in [3.8, 4) is 0 Å². The van der Waals surface area contributed by atoms with Gasteiger partial charge in [0.1, 0.15) is 11.6 Å². The van der Waals surface area contributed by atoms with Crippen molar-refractivity contribution in [2.45, 2.75) is 12.6 Å². The minimum atomic E-state index is -4.48. The minimum Gasteiger partial charge on any atom is -0.382 e. The van der Waals surface area contributed by atoms with Gasteiger partial charge in [-0.05, 0) is 18.2 Å². The summed E-state index contributed by atoms with van der Waals surface area (Å²) in [6, 6.07) is 2.30. The van der Waals surface area contributed by atoms with E-state index in [0.717, 1.165) is 24.0 Å². The zero-order valence-corrected chi connectivity index (χ0v) is 10.7. The Kier molecular flexibility index (Phi) is 3.96. The van der Waals surface area contributed by atoms with Crippen LogP contribution in [0.15, 0.2) is 30.6 Å². The van der Waals surface area contributed by atoms with Gasteiger partial charge in [0.15, 0.2) is 0 Å². The van der Waals surface area contributed by atoms with Gasteiger partial charge in [0.2, 0.25) is 0 Å². The number of nitrogens with zero attached hydrogens (tertiary/aromatic N) is 2. The second-order valence-electron chi connectivity index (χ2n) is 4.32. The maximum absolute atomic E-state index is 13.5. The van der Waals surface area contributed by atoms with Crippen molar-refractivity contribution in [2.75, 3.05) is 11.9 Å². The summed E-state index contributed by atoms with van der Waals surface area (Å²) in [5.41, 5.74) is -1.03. The van der Waals surface area contributed by atoms with E-state index in [1.807, 2.05) is 7.05 Å². The van der Waals surface area contributed by atoms with Crippen LogP contribution >= 0.6 is 0 Å². The fourth-order valence-corrected chi connectivity index (χ4v) is 1.78. The molecule has 0 fully saturated rings. The van der Waals surface area contributed by atoms with E-state index < -0.39 is 17.6 Å². The molecule has 20 heavy (non-hydrogen) atoms. The lowest BCUT2D eigenvalue weighted by atomic mass is 10.2. The van der Waals surface area contributed by atoms with Crippen LogP contribution in [0.3, 0.4) is 0 Å². The highest BCUT2D eigenvalue weighted by Crippen LogP contribution is 2.31. The predicted molar refractivity (Wildman–Crippen MR) is 66.8 cm³/mol. The molecule has 0 atom stereocenters. The molecule has 0 saturated carbocycles. The Morgan fingerprint density at radius 3 is 2.65 bits per heavy atom. The van der Waals surface area contributed by atoms with E-state index in [4.69, 9.17) is 0 Å². The first-order chi connectivity index (χ1) is 9.38. The summed E-state index contributed by atoms with van der Waals surface area (Å²) in [6.45, 7) is 0.295. The monoisotopic (exact) mass is 287 g/mol. The Morgan fingerprint density at radius 1 is 1.30 bits per heavy atom. The van der Waals surface area contributed by atoms with Crippen molar-refractivity contribution in [1.82, 2.24) is 9.55 Å². The van der Waals surface area contributed by atoms with Gasteiger partial charge in [-0.1, -0.05) is 0 Å². The van der Waals surface area contributed by atoms with Crippen LogP contribution in [0.5, 0.6) is 0 Å². The first-order valence-electron chi connectivity index (χ1n) is 5.95. The Morgan fingerprint density at radius 2 is 2.05 bits per heavy atom. The molecular weight excluding hydrogens is 274 g/mol. The molecule has 7 heteroatoms. The number of benzene rings is 1. The summed E-state index contributed by atoms with van der Waals surface area (Å²) in [5, 5.41) is 2.66. The smallest absolute Gasteiger partial charge is 0.382 e. The molecule has 0 aliphatic heterocycles. The van der Waals surface area contributed by atoms with Crippen molar-refractivity contribution in [1.29, 1.82) is 0 Å². The SMILES string of the molecule is Cn1ccnc1CCNc1cc(C(F)(F)F)ccc1F. The molecule has 1 N–H and O–H groups in total. The highest BCUT2D eigenvalue weighted by Gasteiger charge is 2.31. The first kappa shape index (κ1) is 14.4. The number of hydrogen-bond acceptors (Lipinski definition) is 2. The van der Waals surface area contributed by atoms with Crippen LogP contribution in [-0.2, 0) is 19.6 Å². The second kappa shape index (κ2) is 5.52. The van der Waals surface area contributed by atoms with E-state index in [2.05, 4.69) is 10.3 Å². The molecule has 0 amide bonds. The Bertz CT molecular complexity index is 590. The first-order valence-corrected chi connectivity index (χ1v) is 5.95. The van der Waals surface area contributed by atoms with E-state index in [1.54, 1.807) is 17.0 Å². The van der Waals surface area contributed by atoms with Gasteiger partial charge in [-0.3, -0.25) is 0 Å². The quantitative estimate of drug-likeness (QED) is 0.875. The standard InChI is InChI=1S/C13H13F4N3/c1-20-7-6-19-12(20)4-5-18-11-8-9(13(15,16)17)2-3-10(11)14/h2-3,6-8,18H,4-5H2,1H3. The van der Waals surface area contributed by atoms with Crippen LogP contribution in [0.2, 0.25) is 0 Å². The maximum atomic E-state index is 13.5. The highest BCUT2D eigenvalue weighted by molar-refractivity contribution is 5.48. The van der Waals surface area contributed by atoms with Gasteiger partial charge in [-0.2, -0.15) is 13.2 Å². The molecule has 0 radical (unpaired) electrons. The lowest BCUT2D eigenvalue weighted by Crippen LogP contribution is -2.11. The van der Waals surface area contributed by atoms with Gasteiger partial charge >= 0.3 is 6.18 Å². The number of aromatic nitrogens is 2. The van der Waals surface area contributed by atoms with E-state index in [-0.39, 0.29) is 5.69 Å². The van der Waals surface area contributed by atoms with Gasteiger partial charge in [-0.15, -0.1) is 0 Å². The fraction of sp³-hybridized carbons (Fsp3) is 0.308. The molecule has 0 saturated heterocycles. The van der Waals surface area contributed by atoms with Crippen molar-refractivity contribution < 1.29 is 17.6 Å². The molecule has 0 aliphatic carbocycles. The van der Waals surface area contributed by atoms with Gasteiger partial charge in [0.25, 0.3) is 0 Å². The molecule has 2 rings (SSSR count). The molecule has 2 aromatic rings. The van der Waals surface area contributed by atoms with Crippen LogP contribution in [0.25, 0.3) is 0 Å². The van der Waals surface area contributed by atoms with Crippen LogP contribution in [0.4, 0.5) is 23.2 Å². The summed E-state index contributed by atoms with van der Waals surface area (Å²) in [6.07, 6.45) is -0.608. The van der Waals surface area contributed by atoms with Crippen LogP contribution in [0.1, 0.15) is 11.4 Å². The van der Waals surface area contributed by atoms with Gasteiger partial charge < -0.3 is 9.88 Å². The van der Waals surface area contributed by atoms with Crippen LogP contribution < -0.4 is 5.32 Å². The Balaban J connectivity index is 2.04. The number of halogens is 4. The molecular formula is C13H13F4N3. The molecule has 108 valence electrons. The van der Waals surface area contributed by atoms with E-state index >= 15 is 0 Å². The normalized spacial score (nSPS) is 11.7. The zero-order chi connectivity index (χ0) is 14.8. The molecule has 1 heterocycles. The average molecular weight is 287 g/mol. The second-order valence-corrected chi connectivity index (χ2v) is 4.32. The zero-order valence-electron chi connectivity index (χ0n) is 10.7. The lowest BCUT2D eigenvalue weighted by Gasteiger charge is -2.11. The largest absolute Gasteiger partial charge is 0.416 e. The van der Waals surface area contributed by atoms with Crippen LogP contribution in [-0.4, -0.2) is 16.1 Å². The summed E-state index contributed by atoms with van der Waals surface area (Å²) in [4.78, 5) is 4.08. The van der Waals surface area contributed by atoms with E-state index in [0.29, 0.717) is 13.0 Å². The molecule has 0 bridgehead atoms. The number of alkyl halides is 3. The van der Waals surface area contributed by atoms with Gasteiger partial charge in [0.05, 0.1) is 11.3 Å². The summed E-state index contributed by atoms with van der Waals surface area (Å²) in [5.74, 6) is 0.0581. The average Bonchev–Trinajstić information content (AvgIpc) is 2.76. The minimum absolute atomic E-state index is 0.158. The third-order valence-corrected chi connectivity index (χ3v) is 2.88. The number of nitrogens with one attached hydrogen (secondary N) is 1. The molecule has 1 aromatic carbocycles. The summed E-state index contributed by atoms with van der Waals surface area (Å²) < 4.78 is 52.9. The number of hydrogen-bond donors (Lipinski definition) is 1. The highest BCUT2D eigenvalue weighted by atomic mass is 19.4. The van der Waals surface area contributed by atoms with Crippen molar-refractivity contribution in [3.05, 3.63) is 47.8 Å². The number of aryl methyl sites for hydroxylation is 1. The summed E-state index contributed by atoms with van der Waals surface area (Å²) >= 11 is 0. The van der Waals surface area contributed by atoms with E-state index in [1.165, 1.54) is 0 Å². The number of rotatable bonds is 4. The van der Waals surface area contributed by atoms with Gasteiger partial charge in [-0.25, -0.2) is 9.37 Å². The molecule has 0 aliphatic rings. The van der Waals surface area contributed by atoms with Crippen molar-refractivity contribution in [3.63, 3.8) is 0 Å². The molecule has 0 unspecified atom stereocenters. The van der Waals surface area contributed by atoms with E-state index in [9.17, 15) is 17.6 Å². The number of anilines is 1. The maximum Gasteiger partial charge on any atom is 0.416 e. The van der Waals surface area contributed by atoms with Crippen LogP contribution in [0, 0.1) is 5.82 Å². The molecule has 3 nitrogen and oxygen atoms in total. The molecule has 1 aromatic heterocycles. The summed E-state index contributed by atoms with van der Waals surface area (Å²) in [7, 11) is 1.81. The topological polar surface area (TPSA) is 29.9 Å². The third-order valence-electron chi connectivity index (χ3n) is 2.88. The fourth-order valence-electron chi connectivity index (χ4n) is 1.78. The lowest BCUT2D eigenvalue weighted by molar-refractivity contribution is -0.137. The van der Waals surface area contributed by atoms with Crippen molar-refractivity contribution >= 4 is 5.69 Å². The van der Waals surface area contributed by atoms with Crippen molar-refractivity contribution in [2.24, 2.45) is 7.05 Å². The predicted octanol–water partition coefficient (Wildman–Crippen LogP) is 3.23. The van der Waals surface area contributed by atoms with Gasteiger partial charge in [0, 0.05) is 32.4 Å². The Hall–Kier alpha value is -2.05. The Labute approximate surface area is 113 Å².